The van der Waals surface area contributed by atoms with Crippen LogP contribution in [0, 0.1) is 5.92 Å². The molecule has 1 aromatic carbocycles. The molecular weight excluding hydrogens is 306 g/mol. The van der Waals surface area contributed by atoms with Crippen LogP contribution < -0.4 is 15.2 Å². The van der Waals surface area contributed by atoms with Crippen molar-refractivity contribution >= 4 is 15.9 Å². The maximum Gasteiger partial charge on any atom is 0.167 e. The molecule has 0 aliphatic heterocycles. The van der Waals surface area contributed by atoms with Crippen molar-refractivity contribution in [2.24, 2.45) is 11.7 Å². The monoisotopic (exact) mass is 325 g/mol. The van der Waals surface area contributed by atoms with Gasteiger partial charge < -0.3 is 15.2 Å². The zero-order chi connectivity index (χ0) is 13.5. The maximum atomic E-state index is 6.51. The lowest BCUT2D eigenvalue weighted by atomic mass is 9.72. The molecule has 2 aliphatic rings. The number of rotatable bonds is 5. The molecule has 0 spiro atoms. The second-order valence-electron chi connectivity index (χ2n) is 5.72. The van der Waals surface area contributed by atoms with Crippen molar-refractivity contribution in [1.29, 1.82) is 0 Å². The molecule has 0 radical (unpaired) electrons. The third-order valence-electron chi connectivity index (χ3n) is 4.19. The molecule has 2 aliphatic carbocycles. The maximum absolute atomic E-state index is 6.51. The van der Waals surface area contributed by atoms with E-state index in [9.17, 15) is 0 Å². The number of methoxy groups -OCH3 is 1. The highest BCUT2D eigenvalue weighted by Crippen LogP contribution is 2.49. The number of nitrogens with two attached hydrogens (primary N) is 1. The first-order chi connectivity index (χ1) is 9.14. The van der Waals surface area contributed by atoms with Crippen molar-refractivity contribution in [3.8, 4) is 11.5 Å². The van der Waals surface area contributed by atoms with E-state index in [-0.39, 0.29) is 5.54 Å². The van der Waals surface area contributed by atoms with Gasteiger partial charge in [-0.25, -0.2) is 0 Å². The van der Waals surface area contributed by atoms with Crippen LogP contribution in [0.5, 0.6) is 11.5 Å². The van der Waals surface area contributed by atoms with Crippen LogP contribution in [0.2, 0.25) is 0 Å². The van der Waals surface area contributed by atoms with E-state index in [1.54, 1.807) is 7.11 Å². The molecule has 104 valence electrons. The minimum absolute atomic E-state index is 0.258. The van der Waals surface area contributed by atoms with E-state index in [0.717, 1.165) is 41.0 Å². The summed E-state index contributed by atoms with van der Waals surface area (Å²) in [4.78, 5) is 0. The van der Waals surface area contributed by atoms with Gasteiger partial charge in [-0.05, 0) is 50.2 Å². The lowest BCUT2D eigenvalue weighted by molar-refractivity contribution is 0.224. The Morgan fingerprint density at radius 3 is 2.63 bits per heavy atom. The smallest absolute Gasteiger partial charge is 0.167 e. The van der Waals surface area contributed by atoms with Crippen LogP contribution in [-0.4, -0.2) is 13.7 Å². The molecule has 0 atom stereocenters. The minimum atomic E-state index is -0.258. The largest absolute Gasteiger partial charge is 0.493 e. The van der Waals surface area contributed by atoms with Crippen LogP contribution in [-0.2, 0) is 5.54 Å². The molecule has 0 saturated heterocycles. The van der Waals surface area contributed by atoms with Crippen molar-refractivity contribution in [1.82, 2.24) is 0 Å². The predicted octanol–water partition coefficient (Wildman–Crippen LogP) is 3.58. The van der Waals surface area contributed by atoms with Gasteiger partial charge in [0.15, 0.2) is 11.5 Å². The quantitative estimate of drug-likeness (QED) is 0.899. The molecule has 1 aromatic rings. The lowest BCUT2D eigenvalue weighted by Crippen LogP contribution is -2.44. The Morgan fingerprint density at radius 1 is 1.37 bits per heavy atom. The summed E-state index contributed by atoms with van der Waals surface area (Å²) in [7, 11) is 1.68. The lowest BCUT2D eigenvalue weighted by Gasteiger charge is -2.40. The second-order valence-corrected chi connectivity index (χ2v) is 6.57. The molecule has 2 fully saturated rings. The molecule has 2 N–H and O–H groups in total. The fraction of sp³-hybridized carbons (Fsp3) is 0.600. The SMILES string of the molecule is COc1ccc(Br)c(C2(N)CCC2)c1OCC1CC1. The van der Waals surface area contributed by atoms with Gasteiger partial charge in [-0.15, -0.1) is 0 Å². The van der Waals surface area contributed by atoms with Gasteiger partial charge >= 0.3 is 0 Å². The number of hydrogen-bond donors (Lipinski definition) is 1. The molecule has 0 bridgehead atoms. The van der Waals surface area contributed by atoms with E-state index < -0.39 is 0 Å². The first-order valence-electron chi connectivity index (χ1n) is 6.93. The summed E-state index contributed by atoms with van der Waals surface area (Å²) in [6.07, 6.45) is 5.76. The first-order valence-corrected chi connectivity index (χ1v) is 7.72. The Bertz CT molecular complexity index is 481. The van der Waals surface area contributed by atoms with Crippen LogP contribution in [0.25, 0.3) is 0 Å². The van der Waals surface area contributed by atoms with E-state index in [0.29, 0.717) is 5.92 Å². The summed E-state index contributed by atoms with van der Waals surface area (Å²) in [6, 6.07) is 3.95. The van der Waals surface area contributed by atoms with Crippen LogP contribution in [0.4, 0.5) is 0 Å². The van der Waals surface area contributed by atoms with Gasteiger partial charge in [0.05, 0.1) is 13.7 Å². The number of halogens is 1. The van der Waals surface area contributed by atoms with Gasteiger partial charge in [-0.2, -0.15) is 0 Å². The molecule has 3 nitrogen and oxygen atoms in total. The minimum Gasteiger partial charge on any atom is -0.493 e. The van der Waals surface area contributed by atoms with Crippen molar-refractivity contribution in [3.63, 3.8) is 0 Å². The molecule has 0 aromatic heterocycles. The normalized spacial score (nSPS) is 20.8. The highest BCUT2D eigenvalue weighted by atomic mass is 79.9. The summed E-state index contributed by atoms with van der Waals surface area (Å²) in [5.41, 5.74) is 7.33. The summed E-state index contributed by atoms with van der Waals surface area (Å²) < 4.78 is 12.5. The van der Waals surface area contributed by atoms with E-state index in [1.807, 2.05) is 12.1 Å². The summed E-state index contributed by atoms with van der Waals surface area (Å²) in [5, 5.41) is 0. The fourth-order valence-electron chi connectivity index (χ4n) is 2.60. The van der Waals surface area contributed by atoms with E-state index in [2.05, 4.69) is 15.9 Å². The third kappa shape index (κ3) is 2.48. The molecule has 3 rings (SSSR count). The molecule has 0 unspecified atom stereocenters. The Hall–Kier alpha value is -0.740. The van der Waals surface area contributed by atoms with Gasteiger partial charge in [-0.3, -0.25) is 0 Å². The standard InChI is InChI=1S/C15H20BrNO2/c1-18-12-6-5-11(16)13(15(17)7-2-8-15)14(12)19-9-10-3-4-10/h5-6,10H,2-4,7-9,17H2,1H3. The van der Waals surface area contributed by atoms with Gasteiger partial charge in [0.1, 0.15) is 0 Å². The predicted molar refractivity (Wildman–Crippen MR) is 78.6 cm³/mol. The molecule has 4 heteroatoms. The van der Waals surface area contributed by atoms with Crippen molar-refractivity contribution in [2.45, 2.75) is 37.6 Å². The Kier molecular flexibility index (Phi) is 3.48. The topological polar surface area (TPSA) is 44.5 Å². The van der Waals surface area contributed by atoms with E-state index in [1.165, 1.54) is 19.3 Å². The van der Waals surface area contributed by atoms with Crippen molar-refractivity contribution < 1.29 is 9.47 Å². The van der Waals surface area contributed by atoms with Gasteiger partial charge in [0.2, 0.25) is 0 Å². The Labute approximate surface area is 122 Å². The third-order valence-corrected chi connectivity index (χ3v) is 4.86. The average Bonchev–Trinajstić information content (AvgIpc) is 3.17. The highest BCUT2D eigenvalue weighted by molar-refractivity contribution is 9.10. The summed E-state index contributed by atoms with van der Waals surface area (Å²) in [6.45, 7) is 0.774. The van der Waals surface area contributed by atoms with Gasteiger partial charge in [-0.1, -0.05) is 15.9 Å². The fourth-order valence-corrected chi connectivity index (χ4v) is 3.31. The molecule has 19 heavy (non-hydrogen) atoms. The number of benzene rings is 1. The molecule has 2 saturated carbocycles. The average molecular weight is 326 g/mol. The zero-order valence-electron chi connectivity index (χ0n) is 11.2. The molecule has 0 amide bonds. The van der Waals surface area contributed by atoms with Crippen molar-refractivity contribution in [3.05, 3.63) is 22.2 Å². The second kappa shape index (κ2) is 4.98. The van der Waals surface area contributed by atoms with Crippen LogP contribution in [0.1, 0.15) is 37.7 Å². The van der Waals surface area contributed by atoms with Gasteiger partial charge in [0, 0.05) is 15.6 Å². The van der Waals surface area contributed by atoms with E-state index in [4.69, 9.17) is 15.2 Å². The molecule has 0 heterocycles. The number of ether oxygens (including phenoxy) is 2. The van der Waals surface area contributed by atoms with Crippen LogP contribution in [0.15, 0.2) is 16.6 Å². The summed E-state index contributed by atoms with van der Waals surface area (Å²) in [5.74, 6) is 2.34. The Balaban J connectivity index is 1.97. The van der Waals surface area contributed by atoms with Gasteiger partial charge in [0.25, 0.3) is 0 Å². The Morgan fingerprint density at radius 2 is 2.11 bits per heavy atom. The van der Waals surface area contributed by atoms with E-state index >= 15 is 0 Å². The summed E-state index contributed by atoms with van der Waals surface area (Å²) >= 11 is 3.63. The highest BCUT2D eigenvalue weighted by Gasteiger charge is 2.39. The van der Waals surface area contributed by atoms with Crippen LogP contribution in [0.3, 0.4) is 0 Å². The zero-order valence-corrected chi connectivity index (χ0v) is 12.8. The molecular formula is C15H20BrNO2. The van der Waals surface area contributed by atoms with Crippen molar-refractivity contribution in [2.75, 3.05) is 13.7 Å². The number of hydrogen-bond acceptors (Lipinski definition) is 3. The van der Waals surface area contributed by atoms with Crippen LogP contribution >= 0.6 is 15.9 Å². The first kappa shape index (κ1) is 13.3.